The van der Waals surface area contributed by atoms with E-state index in [-0.39, 0.29) is 24.0 Å². The van der Waals surface area contributed by atoms with Crippen molar-refractivity contribution in [2.75, 3.05) is 13.1 Å². The Labute approximate surface area is 190 Å². The summed E-state index contributed by atoms with van der Waals surface area (Å²) in [5.41, 5.74) is 9.50. The van der Waals surface area contributed by atoms with Crippen LogP contribution in [0.15, 0.2) is 42.6 Å². The Kier molecular flexibility index (Phi) is 5.65. The van der Waals surface area contributed by atoms with Crippen LogP contribution in [0.5, 0.6) is 5.75 Å². The predicted molar refractivity (Wildman–Crippen MR) is 120 cm³/mol. The number of H-pyrrole nitrogens is 1. The second-order valence-corrected chi connectivity index (χ2v) is 9.11. The van der Waals surface area contributed by atoms with E-state index in [0.29, 0.717) is 27.1 Å². The van der Waals surface area contributed by atoms with Gasteiger partial charge in [-0.3, -0.25) is 10.00 Å². The van der Waals surface area contributed by atoms with E-state index >= 15 is 0 Å². The van der Waals surface area contributed by atoms with E-state index < -0.39 is 0 Å². The lowest BCUT2D eigenvalue weighted by molar-refractivity contribution is 0.0596. The van der Waals surface area contributed by atoms with Crippen molar-refractivity contribution in [1.82, 2.24) is 15.1 Å². The molecule has 1 fully saturated rings. The molecule has 1 saturated heterocycles. The average Bonchev–Trinajstić information content (AvgIpc) is 3.38. The second kappa shape index (κ2) is 8.43. The van der Waals surface area contributed by atoms with E-state index in [1.54, 1.807) is 24.4 Å². The van der Waals surface area contributed by atoms with Crippen LogP contribution in [0.4, 0.5) is 4.39 Å². The fourth-order valence-corrected chi connectivity index (χ4v) is 5.36. The Balaban J connectivity index is 1.56. The number of rotatable bonds is 4. The molecular formula is C23H23Cl2FN4O. The number of ether oxygens (including phenoxy) is 1. The van der Waals surface area contributed by atoms with E-state index in [4.69, 9.17) is 33.7 Å². The molecule has 31 heavy (non-hydrogen) atoms. The molecule has 3 aromatic rings. The fraction of sp³-hybridized carbons (Fsp3) is 0.348. The van der Waals surface area contributed by atoms with Crippen LogP contribution in [-0.4, -0.2) is 40.3 Å². The minimum Gasteiger partial charge on any atom is -0.483 e. The first-order valence-corrected chi connectivity index (χ1v) is 11.2. The van der Waals surface area contributed by atoms with Gasteiger partial charge in [0, 0.05) is 40.0 Å². The summed E-state index contributed by atoms with van der Waals surface area (Å²) in [5, 5.41) is 8.21. The number of fused-ring (bicyclic) bond motifs is 1. The molecule has 0 radical (unpaired) electrons. The van der Waals surface area contributed by atoms with Gasteiger partial charge in [0.2, 0.25) is 0 Å². The molecule has 3 atom stereocenters. The van der Waals surface area contributed by atoms with Crippen LogP contribution in [0.3, 0.4) is 0 Å². The molecule has 0 bridgehead atoms. The SMILES string of the molecule is N[C@@H]1CCCN([C@H]2Cc3c(Cl)cc(Cl)cc3[C@@H]2Oc2ccc(F)cc2-c2cc[nH]n2)C1. The minimum absolute atomic E-state index is 0.0643. The van der Waals surface area contributed by atoms with Crippen LogP contribution >= 0.6 is 23.2 Å². The van der Waals surface area contributed by atoms with Gasteiger partial charge in [0.05, 0.1) is 11.7 Å². The Bertz CT molecular complexity index is 1090. The highest BCUT2D eigenvalue weighted by Gasteiger charge is 2.41. The maximum atomic E-state index is 14.1. The molecule has 0 amide bonds. The first kappa shape index (κ1) is 20.8. The quantitative estimate of drug-likeness (QED) is 0.575. The molecule has 2 heterocycles. The number of hydrogen-bond acceptors (Lipinski definition) is 4. The van der Waals surface area contributed by atoms with Gasteiger partial charge in [0.25, 0.3) is 0 Å². The molecule has 8 heteroatoms. The van der Waals surface area contributed by atoms with Crippen molar-refractivity contribution in [2.45, 2.75) is 37.5 Å². The van der Waals surface area contributed by atoms with Gasteiger partial charge >= 0.3 is 0 Å². The van der Waals surface area contributed by atoms with Crippen LogP contribution in [-0.2, 0) is 6.42 Å². The maximum absolute atomic E-state index is 14.1. The molecule has 1 aromatic heterocycles. The number of aromatic amines is 1. The number of halogens is 3. The van der Waals surface area contributed by atoms with Crippen molar-refractivity contribution in [1.29, 1.82) is 0 Å². The van der Waals surface area contributed by atoms with Gasteiger partial charge in [-0.25, -0.2) is 4.39 Å². The number of nitrogens with one attached hydrogen (secondary N) is 1. The number of aromatic nitrogens is 2. The highest BCUT2D eigenvalue weighted by Crippen LogP contribution is 2.44. The Morgan fingerprint density at radius 2 is 2.06 bits per heavy atom. The lowest BCUT2D eigenvalue weighted by atomic mass is 10.0. The normalized spacial score (nSPS) is 23.7. The molecule has 5 nitrogen and oxygen atoms in total. The molecule has 2 aliphatic rings. The summed E-state index contributed by atoms with van der Waals surface area (Å²) in [7, 11) is 0. The van der Waals surface area contributed by atoms with Crippen LogP contribution < -0.4 is 10.5 Å². The molecule has 0 saturated carbocycles. The topological polar surface area (TPSA) is 67.2 Å². The maximum Gasteiger partial charge on any atom is 0.140 e. The van der Waals surface area contributed by atoms with Crippen molar-refractivity contribution >= 4 is 23.2 Å². The van der Waals surface area contributed by atoms with E-state index in [9.17, 15) is 4.39 Å². The van der Waals surface area contributed by atoms with Crippen molar-refractivity contribution in [2.24, 2.45) is 5.73 Å². The highest BCUT2D eigenvalue weighted by molar-refractivity contribution is 6.35. The Morgan fingerprint density at radius 1 is 1.19 bits per heavy atom. The van der Waals surface area contributed by atoms with Gasteiger partial charge < -0.3 is 10.5 Å². The fourth-order valence-electron chi connectivity index (χ4n) is 4.77. The zero-order valence-electron chi connectivity index (χ0n) is 16.8. The number of nitrogens with zero attached hydrogens (tertiary/aromatic N) is 2. The zero-order chi connectivity index (χ0) is 21.5. The molecule has 1 aliphatic heterocycles. The predicted octanol–water partition coefficient (Wildman–Crippen LogP) is 4.99. The largest absolute Gasteiger partial charge is 0.483 e. The number of likely N-dealkylation sites (tertiary alicyclic amines) is 1. The summed E-state index contributed by atoms with van der Waals surface area (Å²) < 4.78 is 20.7. The highest BCUT2D eigenvalue weighted by atomic mass is 35.5. The smallest absolute Gasteiger partial charge is 0.140 e. The third-order valence-corrected chi connectivity index (χ3v) is 6.75. The summed E-state index contributed by atoms with van der Waals surface area (Å²) >= 11 is 12.9. The lowest BCUT2D eigenvalue weighted by Gasteiger charge is -2.38. The van der Waals surface area contributed by atoms with Crippen LogP contribution in [0.1, 0.15) is 30.1 Å². The van der Waals surface area contributed by atoms with Gasteiger partial charge in [-0.05, 0) is 67.8 Å². The third kappa shape index (κ3) is 4.05. The number of piperidine rings is 1. The van der Waals surface area contributed by atoms with Crippen LogP contribution in [0.25, 0.3) is 11.3 Å². The average molecular weight is 461 g/mol. The van der Waals surface area contributed by atoms with Crippen LogP contribution in [0, 0.1) is 5.82 Å². The number of nitrogens with two attached hydrogens (primary N) is 1. The lowest BCUT2D eigenvalue weighted by Crippen LogP contribution is -2.49. The van der Waals surface area contributed by atoms with Gasteiger partial charge in [-0.2, -0.15) is 5.10 Å². The summed E-state index contributed by atoms with van der Waals surface area (Å²) in [4.78, 5) is 2.39. The third-order valence-electron chi connectivity index (χ3n) is 6.19. The van der Waals surface area contributed by atoms with Gasteiger partial charge in [-0.1, -0.05) is 23.2 Å². The Hall–Kier alpha value is -2.12. The standard InChI is InChI=1S/C23H23Cl2FN4O/c24-13-8-17-16(19(25)9-13)11-21(30-7-1-2-15(27)12-30)23(17)31-22-4-3-14(26)10-18(22)20-5-6-28-29-20/h3-6,8-10,15,21,23H,1-2,7,11-12,27H2,(H,28,29)/t15-,21+,23+/m1/s1. The molecule has 5 rings (SSSR count). The molecule has 0 spiro atoms. The van der Waals surface area contributed by atoms with E-state index in [1.165, 1.54) is 12.1 Å². The first-order chi connectivity index (χ1) is 15.0. The van der Waals surface area contributed by atoms with Gasteiger partial charge in [0.1, 0.15) is 17.7 Å². The van der Waals surface area contributed by atoms with Gasteiger partial charge in [-0.15, -0.1) is 0 Å². The summed E-state index contributed by atoms with van der Waals surface area (Å²) in [6.07, 6.45) is 4.22. The van der Waals surface area contributed by atoms with E-state index in [0.717, 1.165) is 43.5 Å². The molecule has 162 valence electrons. The number of benzene rings is 2. The van der Waals surface area contributed by atoms with Crippen molar-refractivity contribution in [3.8, 4) is 17.0 Å². The van der Waals surface area contributed by atoms with Gasteiger partial charge in [0.15, 0.2) is 0 Å². The molecule has 0 unspecified atom stereocenters. The molecule has 1 aliphatic carbocycles. The minimum atomic E-state index is -0.346. The van der Waals surface area contributed by atoms with Crippen molar-refractivity contribution in [3.63, 3.8) is 0 Å². The van der Waals surface area contributed by atoms with Crippen molar-refractivity contribution < 1.29 is 9.13 Å². The monoisotopic (exact) mass is 460 g/mol. The number of hydrogen-bond donors (Lipinski definition) is 2. The molecule has 2 aromatic carbocycles. The van der Waals surface area contributed by atoms with E-state index in [2.05, 4.69) is 15.1 Å². The summed E-state index contributed by atoms with van der Waals surface area (Å²) in [6, 6.07) is 10.2. The first-order valence-electron chi connectivity index (χ1n) is 10.4. The van der Waals surface area contributed by atoms with Crippen molar-refractivity contribution in [3.05, 3.63) is 69.6 Å². The summed E-state index contributed by atoms with van der Waals surface area (Å²) in [5.74, 6) is 0.218. The van der Waals surface area contributed by atoms with Crippen LogP contribution in [0.2, 0.25) is 10.0 Å². The molecule has 3 N–H and O–H groups in total. The second-order valence-electron chi connectivity index (χ2n) is 8.26. The Morgan fingerprint density at radius 3 is 2.84 bits per heavy atom. The van der Waals surface area contributed by atoms with E-state index in [1.807, 2.05) is 6.07 Å². The summed E-state index contributed by atoms with van der Waals surface area (Å²) in [6.45, 7) is 1.76. The molecular weight excluding hydrogens is 438 g/mol. The zero-order valence-corrected chi connectivity index (χ0v) is 18.3.